The van der Waals surface area contributed by atoms with Crippen LogP contribution in [0, 0.1) is 0 Å². The summed E-state index contributed by atoms with van der Waals surface area (Å²) in [4.78, 5) is 12.3. The van der Waals surface area contributed by atoms with Crippen molar-refractivity contribution in [3.8, 4) is 0 Å². The highest BCUT2D eigenvalue weighted by Crippen LogP contribution is 2.00. The summed E-state index contributed by atoms with van der Waals surface area (Å²) in [5, 5.41) is 17.9. The molecular formula is C10H21NO3. The molecule has 0 bridgehead atoms. The Labute approximate surface area is 85.5 Å². The van der Waals surface area contributed by atoms with E-state index in [9.17, 15) is 9.90 Å². The Hall–Kier alpha value is -0.610. The topological polar surface area (TPSA) is 60.8 Å². The highest BCUT2D eigenvalue weighted by atomic mass is 16.4. The third-order valence-electron chi connectivity index (χ3n) is 2.11. The molecule has 1 atom stereocenters. The summed E-state index contributed by atoms with van der Waals surface area (Å²) in [6, 6.07) is 0. The first-order chi connectivity index (χ1) is 6.56. The molecule has 4 nitrogen and oxygen atoms in total. The minimum atomic E-state index is -0.847. The van der Waals surface area contributed by atoms with Gasteiger partial charge in [0.05, 0.1) is 6.10 Å². The second-order valence-corrected chi connectivity index (χ2v) is 3.70. The summed E-state index contributed by atoms with van der Waals surface area (Å²) >= 11 is 0. The van der Waals surface area contributed by atoms with Crippen molar-refractivity contribution in [1.82, 2.24) is 4.90 Å². The number of likely N-dealkylation sites (N-methyl/N-ethyl adjacent to an activating group) is 1. The van der Waals surface area contributed by atoms with Crippen LogP contribution >= 0.6 is 0 Å². The number of unbranched alkanes of at least 4 members (excludes halogenated alkanes) is 1. The second-order valence-electron chi connectivity index (χ2n) is 3.70. The zero-order valence-corrected chi connectivity index (χ0v) is 9.07. The van der Waals surface area contributed by atoms with Gasteiger partial charge < -0.3 is 15.1 Å². The van der Waals surface area contributed by atoms with Crippen molar-refractivity contribution in [3.05, 3.63) is 0 Å². The summed E-state index contributed by atoms with van der Waals surface area (Å²) < 4.78 is 0. The van der Waals surface area contributed by atoms with Gasteiger partial charge in [-0.2, -0.15) is 0 Å². The lowest BCUT2D eigenvalue weighted by Gasteiger charge is -2.19. The summed E-state index contributed by atoms with van der Waals surface area (Å²) in [6.45, 7) is 3.64. The predicted octanol–water partition coefficient (Wildman–Crippen LogP) is 0.944. The predicted molar refractivity (Wildman–Crippen MR) is 55.3 cm³/mol. The van der Waals surface area contributed by atoms with Gasteiger partial charge in [0.2, 0.25) is 0 Å². The molecule has 84 valence electrons. The number of aliphatic hydroxyl groups is 1. The highest BCUT2D eigenvalue weighted by Gasteiger charge is 2.09. The van der Waals surface area contributed by atoms with Crippen molar-refractivity contribution >= 4 is 5.97 Å². The lowest BCUT2D eigenvalue weighted by Crippen LogP contribution is -2.30. The van der Waals surface area contributed by atoms with Gasteiger partial charge in [0.1, 0.15) is 0 Å². The van der Waals surface area contributed by atoms with E-state index in [1.54, 1.807) is 0 Å². The highest BCUT2D eigenvalue weighted by molar-refractivity contribution is 5.66. The molecule has 0 amide bonds. The molecule has 0 aliphatic heterocycles. The van der Waals surface area contributed by atoms with Gasteiger partial charge >= 0.3 is 5.97 Å². The van der Waals surface area contributed by atoms with Gasteiger partial charge in [0.25, 0.3) is 0 Å². The van der Waals surface area contributed by atoms with E-state index in [0.29, 0.717) is 13.0 Å². The van der Waals surface area contributed by atoms with Gasteiger partial charge in [-0.1, -0.05) is 13.3 Å². The fraction of sp³-hybridized carbons (Fsp3) is 0.900. The quantitative estimate of drug-likeness (QED) is 0.616. The average Bonchev–Trinajstić information content (AvgIpc) is 2.11. The number of nitrogens with zero attached hydrogens (tertiary/aromatic N) is 1. The number of hydrogen-bond donors (Lipinski definition) is 2. The van der Waals surface area contributed by atoms with Gasteiger partial charge in [-0.05, 0) is 26.4 Å². The molecule has 0 saturated heterocycles. The smallest absolute Gasteiger partial charge is 0.303 e. The third-order valence-corrected chi connectivity index (χ3v) is 2.11. The number of aliphatic carboxylic acids is 1. The number of rotatable bonds is 8. The Morgan fingerprint density at radius 3 is 2.64 bits per heavy atom. The largest absolute Gasteiger partial charge is 0.481 e. The van der Waals surface area contributed by atoms with Crippen LogP contribution in [0.15, 0.2) is 0 Å². The number of carboxylic acid groups (broad SMARTS) is 1. The Balaban J connectivity index is 3.49. The molecule has 0 fully saturated rings. The Morgan fingerprint density at radius 2 is 2.14 bits per heavy atom. The van der Waals surface area contributed by atoms with Crippen LogP contribution < -0.4 is 0 Å². The van der Waals surface area contributed by atoms with Crippen molar-refractivity contribution in [3.63, 3.8) is 0 Å². The molecule has 0 heterocycles. The summed E-state index contributed by atoms with van der Waals surface area (Å²) in [5.41, 5.74) is 0. The fourth-order valence-electron chi connectivity index (χ4n) is 1.26. The molecule has 2 N–H and O–H groups in total. The minimum absolute atomic E-state index is 0.0444. The Morgan fingerprint density at radius 1 is 1.50 bits per heavy atom. The van der Waals surface area contributed by atoms with Crippen molar-refractivity contribution < 1.29 is 15.0 Å². The van der Waals surface area contributed by atoms with Crippen molar-refractivity contribution in [2.24, 2.45) is 0 Å². The van der Waals surface area contributed by atoms with E-state index in [1.807, 2.05) is 11.9 Å². The van der Waals surface area contributed by atoms with Crippen molar-refractivity contribution in [2.75, 3.05) is 20.1 Å². The molecule has 0 radical (unpaired) electrons. The van der Waals surface area contributed by atoms with Gasteiger partial charge in [0, 0.05) is 13.0 Å². The maximum absolute atomic E-state index is 10.2. The molecule has 14 heavy (non-hydrogen) atoms. The van der Waals surface area contributed by atoms with Crippen LogP contribution in [0.1, 0.15) is 32.6 Å². The zero-order chi connectivity index (χ0) is 11.0. The van der Waals surface area contributed by atoms with E-state index in [4.69, 9.17) is 5.11 Å². The molecule has 0 aromatic heterocycles. The summed E-state index contributed by atoms with van der Waals surface area (Å²) in [7, 11) is 1.94. The molecule has 0 aliphatic carbocycles. The van der Waals surface area contributed by atoms with Gasteiger partial charge in [-0.3, -0.25) is 4.79 Å². The SMILES string of the molecule is CCCCN(C)CC(O)CCC(=O)O. The third kappa shape index (κ3) is 8.01. The van der Waals surface area contributed by atoms with E-state index in [2.05, 4.69) is 6.92 Å². The zero-order valence-electron chi connectivity index (χ0n) is 9.07. The van der Waals surface area contributed by atoms with Crippen LogP contribution in [0.4, 0.5) is 0 Å². The van der Waals surface area contributed by atoms with Crippen molar-refractivity contribution in [2.45, 2.75) is 38.7 Å². The second kappa shape index (κ2) is 7.76. The van der Waals surface area contributed by atoms with Gasteiger partial charge in [-0.25, -0.2) is 0 Å². The first-order valence-corrected chi connectivity index (χ1v) is 5.14. The first-order valence-electron chi connectivity index (χ1n) is 5.14. The molecule has 0 aromatic rings. The standard InChI is InChI=1S/C10H21NO3/c1-3-4-7-11(2)8-9(12)5-6-10(13)14/h9,12H,3-8H2,1-2H3,(H,13,14). The maximum atomic E-state index is 10.2. The molecular weight excluding hydrogens is 182 g/mol. The maximum Gasteiger partial charge on any atom is 0.303 e. The van der Waals surface area contributed by atoms with E-state index in [-0.39, 0.29) is 6.42 Å². The number of carbonyl (C=O) groups is 1. The molecule has 0 rings (SSSR count). The van der Waals surface area contributed by atoms with Crippen LogP contribution in [-0.2, 0) is 4.79 Å². The lowest BCUT2D eigenvalue weighted by molar-refractivity contribution is -0.137. The molecule has 0 saturated carbocycles. The van der Waals surface area contributed by atoms with E-state index >= 15 is 0 Å². The molecule has 4 heteroatoms. The van der Waals surface area contributed by atoms with E-state index in [1.165, 1.54) is 0 Å². The Bertz CT molecular complexity index is 161. The first kappa shape index (κ1) is 13.4. The monoisotopic (exact) mass is 203 g/mol. The number of carboxylic acids is 1. The van der Waals surface area contributed by atoms with E-state index < -0.39 is 12.1 Å². The fourth-order valence-corrected chi connectivity index (χ4v) is 1.26. The number of hydrogen-bond acceptors (Lipinski definition) is 3. The molecule has 0 aromatic carbocycles. The lowest BCUT2D eigenvalue weighted by atomic mass is 10.2. The summed E-state index contributed by atoms with van der Waals surface area (Å²) in [6.07, 6.45) is 2.11. The minimum Gasteiger partial charge on any atom is -0.481 e. The van der Waals surface area contributed by atoms with Crippen molar-refractivity contribution in [1.29, 1.82) is 0 Å². The number of aliphatic hydroxyl groups excluding tert-OH is 1. The van der Waals surface area contributed by atoms with Crippen LogP contribution in [-0.4, -0.2) is 47.3 Å². The Kier molecular flexibility index (Phi) is 7.42. The van der Waals surface area contributed by atoms with Crippen LogP contribution in [0.2, 0.25) is 0 Å². The molecule has 0 aliphatic rings. The normalized spacial score (nSPS) is 13.1. The van der Waals surface area contributed by atoms with Crippen LogP contribution in [0.3, 0.4) is 0 Å². The van der Waals surface area contributed by atoms with Crippen LogP contribution in [0.5, 0.6) is 0 Å². The molecule has 0 spiro atoms. The van der Waals surface area contributed by atoms with Gasteiger partial charge in [-0.15, -0.1) is 0 Å². The summed E-state index contributed by atoms with van der Waals surface area (Å²) in [5.74, 6) is -0.847. The van der Waals surface area contributed by atoms with E-state index in [0.717, 1.165) is 19.4 Å². The molecule has 1 unspecified atom stereocenters. The van der Waals surface area contributed by atoms with Gasteiger partial charge in [0.15, 0.2) is 0 Å². The average molecular weight is 203 g/mol. The van der Waals surface area contributed by atoms with Crippen LogP contribution in [0.25, 0.3) is 0 Å².